The van der Waals surface area contributed by atoms with E-state index in [1.165, 1.54) is 10.4 Å². The lowest BCUT2D eigenvalue weighted by atomic mass is 10.0. The van der Waals surface area contributed by atoms with Gasteiger partial charge in [-0.25, -0.2) is 10.3 Å². The van der Waals surface area contributed by atoms with Crippen molar-refractivity contribution in [2.24, 2.45) is 5.92 Å². The summed E-state index contributed by atoms with van der Waals surface area (Å²) >= 11 is 0. The summed E-state index contributed by atoms with van der Waals surface area (Å²) in [5.74, 6) is -3.96. The molecule has 1 saturated heterocycles. The topological polar surface area (TPSA) is 204 Å². The molecular weight excluding hydrogens is 745 g/mol. The average molecular weight is 801 g/mol. The van der Waals surface area contributed by atoms with Gasteiger partial charge in [-0.05, 0) is 81.7 Å². The zero-order valence-corrected chi connectivity index (χ0v) is 34.0. The van der Waals surface area contributed by atoms with Gasteiger partial charge in [-0.15, -0.1) is 0 Å². The minimum absolute atomic E-state index is 0.0129. The van der Waals surface area contributed by atoms with Crippen LogP contribution in [0, 0.1) is 5.92 Å². The normalized spacial score (nSPS) is 15.9. The summed E-state index contributed by atoms with van der Waals surface area (Å²) < 4.78 is 11.4. The van der Waals surface area contributed by atoms with E-state index in [-0.39, 0.29) is 25.3 Å². The molecular formula is C43H56N6O9. The molecule has 312 valence electrons. The molecule has 6 amide bonds. The molecule has 5 atom stereocenters. The number of amides is 6. The Balaban J connectivity index is 1.51. The van der Waals surface area contributed by atoms with E-state index in [4.69, 9.17) is 9.47 Å². The van der Waals surface area contributed by atoms with Gasteiger partial charge in [0.05, 0.1) is 6.04 Å². The van der Waals surface area contributed by atoms with Crippen molar-refractivity contribution >= 4 is 35.6 Å². The van der Waals surface area contributed by atoms with Crippen LogP contribution in [-0.2, 0) is 41.7 Å². The van der Waals surface area contributed by atoms with Gasteiger partial charge in [0, 0.05) is 13.0 Å². The molecule has 3 aromatic carbocycles. The number of hydroxylamine groups is 1. The van der Waals surface area contributed by atoms with E-state index in [1.54, 1.807) is 52.0 Å². The van der Waals surface area contributed by atoms with Gasteiger partial charge in [0.25, 0.3) is 11.8 Å². The van der Waals surface area contributed by atoms with Crippen molar-refractivity contribution in [3.05, 3.63) is 102 Å². The molecule has 1 aliphatic heterocycles. The number of nitrogens with zero attached hydrogens (tertiary/aromatic N) is 1. The second kappa shape index (κ2) is 21.0. The van der Waals surface area contributed by atoms with Gasteiger partial charge in [-0.2, -0.15) is 0 Å². The molecule has 4 rings (SSSR count). The smallest absolute Gasteiger partial charge is 0.410 e. The Hall–Kier alpha value is -5.96. The molecule has 58 heavy (non-hydrogen) atoms. The molecule has 15 heteroatoms. The van der Waals surface area contributed by atoms with E-state index in [0.717, 1.165) is 11.1 Å². The maximum atomic E-state index is 13.9. The first kappa shape index (κ1) is 44.8. The Morgan fingerprint density at radius 2 is 1.36 bits per heavy atom. The van der Waals surface area contributed by atoms with Crippen LogP contribution in [0.2, 0.25) is 0 Å². The van der Waals surface area contributed by atoms with E-state index in [0.29, 0.717) is 30.8 Å². The fourth-order valence-corrected chi connectivity index (χ4v) is 6.41. The maximum absolute atomic E-state index is 13.9. The van der Waals surface area contributed by atoms with Crippen molar-refractivity contribution in [1.29, 1.82) is 0 Å². The number of benzene rings is 3. The van der Waals surface area contributed by atoms with Crippen molar-refractivity contribution in [2.45, 2.75) is 110 Å². The summed E-state index contributed by atoms with van der Waals surface area (Å²) in [5, 5.41) is 20.2. The van der Waals surface area contributed by atoms with Crippen LogP contribution >= 0.6 is 0 Å². The van der Waals surface area contributed by atoms with Gasteiger partial charge >= 0.3 is 6.09 Å². The first-order valence-corrected chi connectivity index (χ1v) is 19.5. The molecule has 0 saturated carbocycles. The minimum atomic E-state index is -2.01. The monoisotopic (exact) mass is 800 g/mol. The van der Waals surface area contributed by atoms with E-state index < -0.39 is 71.4 Å². The summed E-state index contributed by atoms with van der Waals surface area (Å²) in [6.07, 6.45) is 0.327. The number of carbonyl (C=O) groups is 6. The third-order valence-corrected chi connectivity index (χ3v) is 9.35. The van der Waals surface area contributed by atoms with Gasteiger partial charge in [0.15, 0.2) is 6.04 Å². The van der Waals surface area contributed by atoms with E-state index >= 15 is 0 Å². The number of rotatable bonds is 17. The van der Waals surface area contributed by atoms with Crippen molar-refractivity contribution < 1.29 is 43.4 Å². The molecule has 0 aromatic heterocycles. The van der Waals surface area contributed by atoms with Gasteiger partial charge < -0.3 is 30.7 Å². The number of ether oxygens (including phenoxy) is 2. The Morgan fingerprint density at radius 1 is 0.741 bits per heavy atom. The third kappa shape index (κ3) is 13.6. The van der Waals surface area contributed by atoms with E-state index in [2.05, 4.69) is 21.3 Å². The minimum Gasteiger partial charge on any atom is -0.489 e. The SMILES string of the molecule is CC(C)C[C@H](NC(=O)[C@@H]1CCCN1C(=O)OC(C)(C)C)C(=O)NC(C(=O)NO)C(=O)N[C@@H](Cc1ccc(OCc2ccccc2)cc1)C(=O)N[C@H](C)c1ccccc1. The second-order valence-electron chi connectivity index (χ2n) is 15.8. The Morgan fingerprint density at radius 3 is 1.97 bits per heavy atom. The summed E-state index contributed by atoms with van der Waals surface area (Å²) in [6.45, 7) is 11.2. The third-order valence-electron chi connectivity index (χ3n) is 9.35. The highest BCUT2D eigenvalue weighted by Crippen LogP contribution is 2.22. The Bertz CT molecular complexity index is 1850. The largest absolute Gasteiger partial charge is 0.489 e. The fraction of sp³-hybridized carbons (Fsp3) is 0.442. The predicted octanol–water partition coefficient (Wildman–Crippen LogP) is 4.09. The molecule has 1 aliphatic rings. The highest BCUT2D eigenvalue weighted by Gasteiger charge is 2.39. The van der Waals surface area contributed by atoms with Crippen molar-refractivity contribution in [2.75, 3.05) is 6.54 Å². The molecule has 1 heterocycles. The Labute approximate surface area is 339 Å². The zero-order chi connectivity index (χ0) is 42.4. The lowest BCUT2D eigenvalue weighted by Gasteiger charge is -2.29. The quantitative estimate of drug-likeness (QED) is 0.0660. The van der Waals surface area contributed by atoms with Crippen LogP contribution in [-0.4, -0.2) is 82.0 Å². The number of hydrogen-bond donors (Lipinski definition) is 6. The van der Waals surface area contributed by atoms with E-state index in [9.17, 15) is 34.0 Å². The maximum Gasteiger partial charge on any atom is 0.410 e. The van der Waals surface area contributed by atoms with Crippen molar-refractivity contribution in [1.82, 2.24) is 31.6 Å². The van der Waals surface area contributed by atoms with Crippen LogP contribution in [0.4, 0.5) is 4.79 Å². The number of nitrogens with one attached hydrogen (secondary N) is 5. The molecule has 6 N–H and O–H groups in total. The molecule has 0 radical (unpaired) electrons. The number of likely N-dealkylation sites (tertiary alicyclic amines) is 1. The highest BCUT2D eigenvalue weighted by atomic mass is 16.6. The fourth-order valence-electron chi connectivity index (χ4n) is 6.41. The van der Waals surface area contributed by atoms with Crippen LogP contribution in [0.5, 0.6) is 5.75 Å². The van der Waals surface area contributed by atoms with Gasteiger partial charge in [0.1, 0.15) is 36.1 Å². The first-order valence-electron chi connectivity index (χ1n) is 19.5. The predicted molar refractivity (Wildman–Crippen MR) is 215 cm³/mol. The molecule has 15 nitrogen and oxygen atoms in total. The van der Waals surface area contributed by atoms with Crippen LogP contribution < -0.4 is 31.5 Å². The van der Waals surface area contributed by atoms with E-state index in [1.807, 2.05) is 74.5 Å². The highest BCUT2D eigenvalue weighted by molar-refractivity contribution is 6.08. The number of carbonyl (C=O) groups excluding carboxylic acids is 6. The molecule has 0 spiro atoms. The molecule has 1 unspecified atom stereocenters. The van der Waals surface area contributed by atoms with Crippen molar-refractivity contribution in [3.63, 3.8) is 0 Å². The Kier molecular flexibility index (Phi) is 16.2. The lowest BCUT2D eigenvalue weighted by Crippen LogP contribution is -2.62. The lowest BCUT2D eigenvalue weighted by molar-refractivity contribution is -0.142. The molecule has 1 fully saturated rings. The summed E-state index contributed by atoms with van der Waals surface area (Å²) in [4.78, 5) is 82.2. The van der Waals surface area contributed by atoms with Gasteiger partial charge in [-0.3, -0.25) is 34.1 Å². The van der Waals surface area contributed by atoms with Crippen LogP contribution in [0.25, 0.3) is 0 Å². The second-order valence-corrected chi connectivity index (χ2v) is 15.8. The molecule has 0 aliphatic carbocycles. The van der Waals surface area contributed by atoms with Crippen LogP contribution in [0.3, 0.4) is 0 Å². The van der Waals surface area contributed by atoms with Crippen molar-refractivity contribution in [3.8, 4) is 5.75 Å². The zero-order valence-electron chi connectivity index (χ0n) is 34.0. The summed E-state index contributed by atoms with van der Waals surface area (Å²) in [6, 6.07) is 20.0. The van der Waals surface area contributed by atoms with Crippen LogP contribution in [0.1, 0.15) is 83.5 Å². The number of hydrogen-bond acceptors (Lipinski definition) is 9. The summed E-state index contributed by atoms with van der Waals surface area (Å²) in [5.41, 5.74) is 3.09. The standard InChI is InChI=1S/C43H56N6O9/c1-27(2)24-33(45-39(52)35-18-13-23-49(35)42(55)58-43(4,5)6)38(51)47-36(41(54)48-56)40(53)46-34(37(50)44-28(3)31-16-11-8-12-17-31)25-29-19-21-32(22-20-29)57-26-30-14-9-7-10-15-30/h7-12,14-17,19-22,27-28,33-36,56H,13,18,23-26H2,1-6H3,(H,44,50)(H,45,52)(H,46,53)(H,47,51)(H,48,54)/t28-,33+,34+,35+,36?/m1/s1. The first-order chi connectivity index (χ1) is 27.5. The summed E-state index contributed by atoms with van der Waals surface area (Å²) in [7, 11) is 0. The van der Waals surface area contributed by atoms with Gasteiger partial charge in [0.2, 0.25) is 17.7 Å². The van der Waals surface area contributed by atoms with Gasteiger partial charge in [-0.1, -0.05) is 86.6 Å². The average Bonchev–Trinajstić information content (AvgIpc) is 3.69. The van der Waals surface area contributed by atoms with Crippen LogP contribution in [0.15, 0.2) is 84.9 Å². The molecule has 3 aromatic rings. The molecule has 0 bridgehead atoms.